The van der Waals surface area contributed by atoms with E-state index in [2.05, 4.69) is 22.6 Å². The molecule has 2 amide bonds. The minimum atomic E-state index is -0.838. The number of likely N-dealkylation sites (N-methyl/N-ethyl adjacent to an activating group) is 1. The number of aliphatic carboxylic acids is 1. The van der Waals surface area contributed by atoms with Gasteiger partial charge in [0.25, 0.3) is 0 Å². The molecule has 0 bridgehead atoms. The molecule has 20 heavy (non-hydrogen) atoms. The third kappa shape index (κ3) is 3.96. The van der Waals surface area contributed by atoms with Crippen LogP contribution in [0.5, 0.6) is 0 Å². The van der Waals surface area contributed by atoms with Gasteiger partial charge in [-0.05, 0) is 32.9 Å². The van der Waals surface area contributed by atoms with Gasteiger partial charge < -0.3 is 20.6 Å². The molecular weight excluding hydrogens is 258 g/mol. The Morgan fingerprint density at radius 2 is 2.15 bits per heavy atom. The molecule has 2 aliphatic rings. The van der Waals surface area contributed by atoms with Crippen molar-refractivity contribution in [3.8, 4) is 0 Å². The van der Waals surface area contributed by atoms with Gasteiger partial charge in [0.2, 0.25) is 0 Å². The first kappa shape index (κ1) is 14.8. The van der Waals surface area contributed by atoms with Gasteiger partial charge in [0.15, 0.2) is 0 Å². The van der Waals surface area contributed by atoms with Crippen LogP contribution in [0.25, 0.3) is 0 Å². The molecule has 0 aromatic rings. The summed E-state index contributed by atoms with van der Waals surface area (Å²) >= 11 is 0. The van der Waals surface area contributed by atoms with Crippen molar-refractivity contribution >= 4 is 12.0 Å². The van der Waals surface area contributed by atoms with E-state index in [1.165, 1.54) is 12.8 Å². The Morgan fingerprint density at radius 3 is 2.80 bits per heavy atom. The van der Waals surface area contributed by atoms with E-state index in [-0.39, 0.29) is 12.1 Å². The average molecular weight is 281 g/mol. The van der Waals surface area contributed by atoms with Crippen molar-refractivity contribution in [3.63, 3.8) is 0 Å². The molecule has 1 heterocycles. The van der Waals surface area contributed by atoms with Crippen molar-refractivity contribution in [2.45, 2.75) is 37.8 Å². The third-order valence-electron chi connectivity index (χ3n) is 4.14. The number of amides is 2. The van der Waals surface area contributed by atoms with E-state index in [1.807, 2.05) is 0 Å². The first-order valence-electron chi connectivity index (χ1n) is 7.22. The summed E-state index contributed by atoms with van der Waals surface area (Å²) in [5, 5.41) is 14.6. The number of nitrogens with zero attached hydrogens (tertiary/aromatic N) is 1. The summed E-state index contributed by atoms with van der Waals surface area (Å²) < 4.78 is 0. The van der Waals surface area contributed by atoms with Gasteiger partial charge in [-0.3, -0.25) is 4.79 Å². The fourth-order valence-electron chi connectivity index (χ4n) is 2.82. The lowest BCUT2D eigenvalue weighted by atomic mass is 10.0. The Balaban J connectivity index is 1.68. The first-order chi connectivity index (χ1) is 9.56. The molecule has 1 fully saturated rings. The largest absolute Gasteiger partial charge is 0.481 e. The molecule has 0 radical (unpaired) electrons. The predicted molar refractivity (Wildman–Crippen MR) is 75.5 cm³/mol. The quantitative estimate of drug-likeness (QED) is 0.666. The second-order valence-corrected chi connectivity index (χ2v) is 5.66. The Hall–Kier alpha value is -1.56. The van der Waals surface area contributed by atoms with Crippen LogP contribution in [0.1, 0.15) is 25.7 Å². The fourth-order valence-corrected chi connectivity index (χ4v) is 2.82. The second kappa shape index (κ2) is 6.74. The van der Waals surface area contributed by atoms with Gasteiger partial charge in [-0.2, -0.15) is 0 Å². The van der Waals surface area contributed by atoms with E-state index >= 15 is 0 Å². The second-order valence-electron chi connectivity index (χ2n) is 5.66. The summed E-state index contributed by atoms with van der Waals surface area (Å²) in [5.41, 5.74) is 0. The van der Waals surface area contributed by atoms with Crippen LogP contribution < -0.4 is 10.6 Å². The SMILES string of the molecule is CN1CCCCC1CNC(=O)NC1C=CC(C(=O)O)C1. The molecule has 3 N–H and O–H groups in total. The molecule has 6 nitrogen and oxygen atoms in total. The summed E-state index contributed by atoms with van der Waals surface area (Å²) in [4.78, 5) is 24.9. The van der Waals surface area contributed by atoms with Crippen molar-refractivity contribution in [2.75, 3.05) is 20.1 Å². The van der Waals surface area contributed by atoms with Crippen molar-refractivity contribution in [3.05, 3.63) is 12.2 Å². The standard InChI is InChI=1S/C14H23N3O3/c1-17-7-3-2-4-12(17)9-15-14(20)16-11-6-5-10(8-11)13(18)19/h5-6,10-12H,2-4,7-9H2,1H3,(H,18,19)(H2,15,16,20). The van der Waals surface area contributed by atoms with Gasteiger partial charge in [-0.25, -0.2) is 4.79 Å². The van der Waals surface area contributed by atoms with Crippen LogP contribution in [0.15, 0.2) is 12.2 Å². The lowest BCUT2D eigenvalue weighted by Crippen LogP contribution is -2.48. The average Bonchev–Trinajstić information content (AvgIpc) is 2.86. The highest BCUT2D eigenvalue weighted by atomic mass is 16.4. The molecule has 0 spiro atoms. The van der Waals surface area contributed by atoms with Gasteiger partial charge in [0.1, 0.15) is 0 Å². The fraction of sp³-hybridized carbons (Fsp3) is 0.714. The van der Waals surface area contributed by atoms with Gasteiger partial charge in [-0.15, -0.1) is 0 Å². The Morgan fingerprint density at radius 1 is 1.35 bits per heavy atom. The lowest BCUT2D eigenvalue weighted by molar-refractivity contribution is -0.140. The lowest BCUT2D eigenvalue weighted by Gasteiger charge is -2.32. The number of carbonyl (C=O) groups excluding carboxylic acids is 1. The van der Waals surface area contributed by atoms with Crippen LogP contribution in [0, 0.1) is 5.92 Å². The van der Waals surface area contributed by atoms with E-state index < -0.39 is 11.9 Å². The molecule has 0 aromatic heterocycles. The van der Waals surface area contributed by atoms with Gasteiger partial charge >= 0.3 is 12.0 Å². The molecule has 2 rings (SSSR count). The zero-order valence-corrected chi connectivity index (χ0v) is 11.8. The Bertz CT molecular complexity index is 397. The molecule has 0 aromatic carbocycles. The number of nitrogens with one attached hydrogen (secondary N) is 2. The zero-order chi connectivity index (χ0) is 14.5. The molecule has 112 valence electrons. The third-order valence-corrected chi connectivity index (χ3v) is 4.14. The molecule has 1 aliphatic carbocycles. The molecule has 3 unspecified atom stereocenters. The Kier molecular flexibility index (Phi) is 5.00. The Labute approximate surface area is 119 Å². The summed E-state index contributed by atoms with van der Waals surface area (Å²) in [6.07, 6.45) is 7.38. The molecular formula is C14H23N3O3. The summed E-state index contributed by atoms with van der Waals surface area (Å²) in [6, 6.07) is 0.00485. The monoisotopic (exact) mass is 281 g/mol. The van der Waals surface area contributed by atoms with Crippen molar-refractivity contribution in [1.29, 1.82) is 0 Å². The van der Waals surface area contributed by atoms with E-state index in [4.69, 9.17) is 5.11 Å². The number of rotatable bonds is 4. The highest BCUT2D eigenvalue weighted by molar-refractivity contribution is 5.76. The van der Waals surface area contributed by atoms with E-state index in [1.54, 1.807) is 12.2 Å². The number of hydrogen-bond donors (Lipinski definition) is 3. The summed E-state index contributed by atoms with van der Waals surface area (Å²) in [5.74, 6) is -1.32. The van der Waals surface area contributed by atoms with E-state index in [0.717, 1.165) is 13.0 Å². The smallest absolute Gasteiger partial charge is 0.315 e. The number of carboxylic acid groups (broad SMARTS) is 1. The van der Waals surface area contributed by atoms with Crippen molar-refractivity contribution < 1.29 is 14.7 Å². The minimum absolute atomic E-state index is 0.180. The molecule has 1 aliphatic heterocycles. The number of likely N-dealkylation sites (tertiary alicyclic amines) is 1. The zero-order valence-electron chi connectivity index (χ0n) is 11.8. The highest BCUT2D eigenvalue weighted by Gasteiger charge is 2.25. The minimum Gasteiger partial charge on any atom is -0.481 e. The molecule has 3 atom stereocenters. The van der Waals surface area contributed by atoms with Crippen molar-refractivity contribution in [2.24, 2.45) is 5.92 Å². The predicted octanol–water partition coefficient (Wildman–Crippen LogP) is 0.799. The molecule has 6 heteroatoms. The van der Waals surface area contributed by atoms with Crippen LogP contribution in [0.4, 0.5) is 4.79 Å². The van der Waals surface area contributed by atoms with Crippen molar-refractivity contribution in [1.82, 2.24) is 15.5 Å². The van der Waals surface area contributed by atoms with Crippen LogP contribution in [-0.4, -0.2) is 54.2 Å². The summed E-state index contributed by atoms with van der Waals surface area (Å²) in [6.45, 7) is 1.72. The number of carbonyl (C=O) groups is 2. The highest BCUT2D eigenvalue weighted by Crippen LogP contribution is 2.18. The maximum atomic E-state index is 11.8. The van der Waals surface area contributed by atoms with Gasteiger partial charge in [-0.1, -0.05) is 18.6 Å². The number of carboxylic acids is 1. The number of urea groups is 1. The normalized spacial score (nSPS) is 30.1. The molecule has 0 saturated carbocycles. The van der Waals surface area contributed by atoms with Crippen LogP contribution in [0.3, 0.4) is 0 Å². The summed E-state index contributed by atoms with van der Waals surface area (Å²) in [7, 11) is 2.08. The van der Waals surface area contributed by atoms with Gasteiger partial charge in [0, 0.05) is 12.6 Å². The van der Waals surface area contributed by atoms with Crippen LogP contribution in [-0.2, 0) is 4.79 Å². The van der Waals surface area contributed by atoms with E-state index in [0.29, 0.717) is 19.0 Å². The van der Waals surface area contributed by atoms with E-state index in [9.17, 15) is 9.59 Å². The van der Waals surface area contributed by atoms with Crippen LogP contribution >= 0.6 is 0 Å². The maximum Gasteiger partial charge on any atom is 0.315 e. The molecule has 1 saturated heterocycles. The van der Waals surface area contributed by atoms with Gasteiger partial charge in [0.05, 0.1) is 12.0 Å². The number of hydrogen-bond acceptors (Lipinski definition) is 3. The topological polar surface area (TPSA) is 81.7 Å². The number of piperidine rings is 1. The first-order valence-corrected chi connectivity index (χ1v) is 7.22. The van der Waals surface area contributed by atoms with Crippen LogP contribution in [0.2, 0.25) is 0 Å². The maximum absolute atomic E-state index is 11.8.